The molecule has 0 radical (unpaired) electrons. The van der Waals surface area contributed by atoms with Crippen molar-refractivity contribution in [2.75, 3.05) is 0 Å². The fourth-order valence-corrected chi connectivity index (χ4v) is 5.39. The Labute approximate surface area is 118 Å². The van der Waals surface area contributed by atoms with Crippen LogP contribution in [-0.2, 0) is 0 Å². The SMILES string of the molecule is CCC1CCC(C(CC2CC3CCC2C3)NN)CC1. The molecule has 110 valence electrons. The van der Waals surface area contributed by atoms with Crippen molar-refractivity contribution < 1.29 is 0 Å². The van der Waals surface area contributed by atoms with E-state index in [1.54, 1.807) is 0 Å². The highest BCUT2D eigenvalue weighted by Crippen LogP contribution is 2.50. The molecule has 4 atom stereocenters. The molecule has 19 heavy (non-hydrogen) atoms. The maximum absolute atomic E-state index is 5.90. The van der Waals surface area contributed by atoms with Gasteiger partial charge in [-0.2, -0.15) is 0 Å². The van der Waals surface area contributed by atoms with Crippen LogP contribution < -0.4 is 11.3 Å². The van der Waals surface area contributed by atoms with Crippen LogP contribution in [0.1, 0.15) is 71.1 Å². The predicted molar refractivity (Wildman–Crippen MR) is 80.4 cm³/mol. The quantitative estimate of drug-likeness (QED) is 0.584. The van der Waals surface area contributed by atoms with Crippen molar-refractivity contribution in [3.05, 3.63) is 0 Å². The molecule has 3 aliphatic carbocycles. The fraction of sp³-hybridized carbons (Fsp3) is 1.00. The van der Waals surface area contributed by atoms with E-state index in [1.165, 1.54) is 64.2 Å². The van der Waals surface area contributed by atoms with Gasteiger partial charge in [0.05, 0.1) is 0 Å². The highest BCUT2D eigenvalue weighted by molar-refractivity contribution is 4.93. The first-order valence-corrected chi connectivity index (χ1v) is 8.76. The second-order valence-electron chi connectivity index (χ2n) is 7.63. The Kier molecular flexibility index (Phi) is 4.48. The molecule has 0 heterocycles. The topological polar surface area (TPSA) is 38.0 Å². The summed E-state index contributed by atoms with van der Waals surface area (Å²) in [5, 5.41) is 0. The average molecular weight is 264 g/mol. The normalized spacial score (nSPS) is 43.6. The molecule has 3 aliphatic rings. The van der Waals surface area contributed by atoms with Gasteiger partial charge < -0.3 is 0 Å². The molecule has 0 amide bonds. The van der Waals surface area contributed by atoms with Crippen LogP contribution in [0.3, 0.4) is 0 Å². The lowest BCUT2D eigenvalue weighted by molar-refractivity contribution is 0.179. The van der Waals surface area contributed by atoms with Crippen molar-refractivity contribution in [2.24, 2.45) is 35.4 Å². The number of fused-ring (bicyclic) bond motifs is 2. The van der Waals surface area contributed by atoms with Crippen molar-refractivity contribution in [3.8, 4) is 0 Å². The van der Waals surface area contributed by atoms with Gasteiger partial charge in [-0.3, -0.25) is 11.3 Å². The van der Waals surface area contributed by atoms with Crippen LogP contribution in [0.5, 0.6) is 0 Å². The van der Waals surface area contributed by atoms with E-state index in [2.05, 4.69) is 12.3 Å². The number of hydrogen-bond acceptors (Lipinski definition) is 2. The molecule has 3 N–H and O–H groups in total. The lowest BCUT2D eigenvalue weighted by atomic mass is 9.74. The second kappa shape index (κ2) is 6.13. The van der Waals surface area contributed by atoms with E-state index in [0.717, 1.165) is 29.6 Å². The Balaban J connectivity index is 1.50. The van der Waals surface area contributed by atoms with E-state index < -0.39 is 0 Å². The van der Waals surface area contributed by atoms with E-state index in [9.17, 15) is 0 Å². The monoisotopic (exact) mass is 264 g/mol. The summed E-state index contributed by atoms with van der Waals surface area (Å²) in [5.74, 6) is 10.9. The Morgan fingerprint density at radius 3 is 2.37 bits per heavy atom. The molecule has 0 aliphatic heterocycles. The molecule has 4 unspecified atom stereocenters. The summed E-state index contributed by atoms with van der Waals surface area (Å²) >= 11 is 0. The Hall–Kier alpha value is -0.0800. The third kappa shape index (κ3) is 3.00. The summed E-state index contributed by atoms with van der Waals surface area (Å²) in [6, 6.07) is 0.599. The van der Waals surface area contributed by atoms with Gasteiger partial charge in [-0.15, -0.1) is 0 Å². The minimum Gasteiger partial charge on any atom is -0.271 e. The van der Waals surface area contributed by atoms with Crippen molar-refractivity contribution >= 4 is 0 Å². The van der Waals surface area contributed by atoms with Crippen LogP contribution in [0, 0.1) is 29.6 Å². The third-order valence-electron chi connectivity index (χ3n) is 6.69. The van der Waals surface area contributed by atoms with Gasteiger partial charge in [0, 0.05) is 6.04 Å². The zero-order chi connectivity index (χ0) is 13.2. The molecular formula is C17H32N2. The van der Waals surface area contributed by atoms with E-state index >= 15 is 0 Å². The maximum atomic E-state index is 5.90. The summed E-state index contributed by atoms with van der Waals surface area (Å²) < 4.78 is 0. The van der Waals surface area contributed by atoms with Gasteiger partial charge in [0.15, 0.2) is 0 Å². The van der Waals surface area contributed by atoms with E-state index in [4.69, 9.17) is 5.84 Å². The second-order valence-corrected chi connectivity index (χ2v) is 7.63. The summed E-state index contributed by atoms with van der Waals surface area (Å²) in [6.07, 6.45) is 14.5. The van der Waals surface area contributed by atoms with Crippen LogP contribution in [0.25, 0.3) is 0 Å². The smallest absolute Gasteiger partial charge is 0.0241 e. The first-order chi connectivity index (χ1) is 9.30. The number of nitrogens with one attached hydrogen (secondary N) is 1. The van der Waals surface area contributed by atoms with E-state index in [1.807, 2.05) is 0 Å². The Morgan fingerprint density at radius 1 is 1.05 bits per heavy atom. The van der Waals surface area contributed by atoms with Gasteiger partial charge in [0.25, 0.3) is 0 Å². The van der Waals surface area contributed by atoms with E-state index in [-0.39, 0.29) is 0 Å². The van der Waals surface area contributed by atoms with Crippen LogP contribution in [0.2, 0.25) is 0 Å². The number of rotatable bonds is 5. The molecule has 0 aromatic rings. The van der Waals surface area contributed by atoms with Gasteiger partial charge in [0.2, 0.25) is 0 Å². The minimum absolute atomic E-state index is 0.599. The maximum Gasteiger partial charge on any atom is 0.0241 e. The van der Waals surface area contributed by atoms with Crippen LogP contribution >= 0.6 is 0 Å². The van der Waals surface area contributed by atoms with Gasteiger partial charge in [-0.1, -0.05) is 32.6 Å². The molecule has 2 nitrogen and oxygen atoms in total. The van der Waals surface area contributed by atoms with Crippen LogP contribution in [-0.4, -0.2) is 6.04 Å². The Bertz CT molecular complexity index is 283. The van der Waals surface area contributed by atoms with Gasteiger partial charge in [0.1, 0.15) is 0 Å². The van der Waals surface area contributed by atoms with Crippen molar-refractivity contribution in [1.29, 1.82) is 0 Å². The molecule has 0 aromatic carbocycles. The van der Waals surface area contributed by atoms with Crippen molar-refractivity contribution in [1.82, 2.24) is 5.43 Å². The third-order valence-corrected chi connectivity index (χ3v) is 6.69. The van der Waals surface area contributed by atoms with Gasteiger partial charge in [-0.05, 0) is 68.1 Å². The zero-order valence-electron chi connectivity index (χ0n) is 12.6. The standard InChI is InChI=1S/C17H32N2/c1-2-12-3-6-14(7-4-12)17(19-18)11-16-10-13-5-8-15(16)9-13/h12-17,19H,2-11,18H2,1H3. The van der Waals surface area contributed by atoms with Crippen molar-refractivity contribution in [3.63, 3.8) is 0 Å². The van der Waals surface area contributed by atoms with Crippen molar-refractivity contribution in [2.45, 2.75) is 77.2 Å². The summed E-state index contributed by atoms with van der Waals surface area (Å²) in [6.45, 7) is 2.35. The first kappa shape index (κ1) is 13.9. The highest BCUT2D eigenvalue weighted by atomic mass is 15.2. The summed E-state index contributed by atoms with van der Waals surface area (Å²) in [4.78, 5) is 0. The van der Waals surface area contributed by atoms with Gasteiger partial charge in [-0.25, -0.2) is 0 Å². The Morgan fingerprint density at radius 2 is 1.84 bits per heavy atom. The largest absolute Gasteiger partial charge is 0.271 e. The zero-order valence-corrected chi connectivity index (χ0v) is 12.6. The lowest BCUT2D eigenvalue weighted by Gasteiger charge is -2.36. The van der Waals surface area contributed by atoms with E-state index in [0.29, 0.717) is 6.04 Å². The number of nitrogens with two attached hydrogens (primary N) is 1. The molecular weight excluding hydrogens is 232 g/mol. The fourth-order valence-electron chi connectivity index (χ4n) is 5.39. The molecule has 0 spiro atoms. The van der Waals surface area contributed by atoms with Gasteiger partial charge >= 0.3 is 0 Å². The summed E-state index contributed by atoms with van der Waals surface area (Å²) in [5.41, 5.74) is 3.19. The number of hydrogen-bond donors (Lipinski definition) is 2. The molecule has 3 rings (SSSR count). The molecule has 2 heteroatoms. The van der Waals surface area contributed by atoms with Crippen LogP contribution in [0.15, 0.2) is 0 Å². The molecule has 2 bridgehead atoms. The number of hydrazine groups is 1. The highest BCUT2D eigenvalue weighted by Gasteiger charge is 2.41. The summed E-state index contributed by atoms with van der Waals surface area (Å²) in [7, 11) is 0. The average Bonchev–Trinajstić information content (AvgIpc) is 3.07. The predicted octanol–water partition coefficient (Wildman–Crippen LogP) is 3.86. The minimum atomic E-state index is 0.599. The molecule has 0 saturated heterocycles. The van der Waals surface area contributed by atoms with Crippen LogP contribution in [0.4, 0.5) is 0 Å². The lowest BCUT2D eigenvalue weighted by Crippen LogP contribution is -2.44. The molecule has 3 saturated carbocycles. The first-order valence-electron chi connectivity index (χ1n) is 8.76. The molecule has 3 fully saturated rings. The molecule has 0 aromatic heterocycles.